The van der Waals surface area contributed by atoms with Gasteiger partial charge >= 0.3 is 0 Å². The molecule has 2 aliphatic rings. The molecule has 1 N–H and O–H groups in total. The molecule has 1 saturated heterocycles. The summed E-state index contributed by atoms with van der Waals surface area (Å²) in [6, 6.07) is 11.2. The van der Waals surface area contributed by atoms with Gasteiger partial charge in [-0.15, -0.1) is 0 Å². The minimum Gasteiger partial charge on any atom is -0.320 e. The highest BCUT2D eigenvalue weighted by Crippen LogP contribution is 2.44. The predicted octanol–water partition coefficient (Wildman–Crippen LogP) is 2.68. The molecule has 3 amide bonds. The Morgan fingerprint density at radius 1 is 1.19 bits per heavy atom. The van der Waals surface area contributed by atoms with Crippen molar-refractivity contribution >= 4 is 29.1 Å². The molecule has 0 saturated carbocycles. The van der Waals surface area contributed by atoms with Crippen molar-refractivity contribution in [1.29, 1.82) is 0 Å². The fourth-order valence-corrected chi connectivity index (χ4v) is 3.87. The third-order valence-electron chi connectivity index (χ3n) is 5.28. The second-order valence-electron chi connectivity index (χ2n) is 6.86. The minimum absolute atomic E-state index is 0.0129. The number of fused-ring (bicyclic) bond motifs is 3. The number of anilines is 2. The molecule has 27 heavy (non-hydrogen) atoms. The van der Waals surface area contributed by atoms with Gasteiger partial charge in [-0.25, -0.2) is 4.39 Å². The van der Waals surface area contributed by atoms with Gasteiger partial charge in [0.2, 0.25) is 11.6 Å². The van der Waals surface area contributed by atoms with Gasteiger partial charge < -0.3 is 10.2 Å². The molecule has 0 unspecified atom stereocenters. The molecule has 2 aromatic rings. The molecule has 0 bridgehead atoms. The Kier molecular flexibility index (Phi) is 3.76. The highest BCUT2D eigenvalue weighted by Gasteiger charge is 2.59. The number of carbonyl (C=O) groups is 3. The lowest BCUT2D eigenvalue weighted by atomic mass is 9.96. The second-order valence-corrected chi connectivity index (χ2v) is 6.86. The van der Waals surface area contributed by atoms with Crippen LogP contribution >= 0.6 is 0 Å². The maximum Gasteiger partial charge on any atom is 0.271 e. The zero-order chi connectivity index (χ0) is 19.3. The smallest absolute Gasteiger partial charge is 0.271 e. The van der Waals surface area contributed by atoms with Crippen molar-refractivity contribution in [3.05, 3.63) is 59.4 Å². The first-order chi connectivity index (χ1) is 12.9. The van der Waals surface area contributed by atoms with Gasteiger partial charge in [0.05, 0.1) is 16.9 Å². The van der Waals surface area contributed by atoms with E-state index in [4.69, 9.17) is 0 Å². The van der Waals surface area contributed by atoms with Crippen LogP contribution in [0.15, 0.2) is 42.5 Å². The standard InChI is InChI=1S/C20H18FN3O3/c1-12-7-8-15(14(21)11-12)22-19(27)20-10-9-17(25)24(20)16-6-4-3-5-13(16)18(26)23(20)2/h3-8,11H,9-10H2,1-2H3,(H,22,27)/t20-/m1/s1. The summed E-state index contributed by atoms with van der Waals surface area (Å²) in [4.78, 5) is 41.4. The molecule has 7 heteroatoms. The average Bonchev–Trinajstić information content (AvgIpc) is 3.01. The van der Waals surface area contributed by atoms with Gasteiger partial charge in [0.1, 0.15) is 5.82 Å². The van der Waals surface area contributed by atoms with E-state index in [2.05, 4.69) is 5.32 Å². The lowest BCUT2D eigenvalue weighted by Gasteiger charge is -2.47. The van der Waals surface area contributed by atoms with E-state index >= 15 is 0 Å². The van der Waals surface area contributed by atoms with Crippen molar-refractivity contribution in [1.82, 2.24) is 4.90 Å². The summed E-state index contributed by atoms with van der Waals surface area (Å²) in [7, 11) is 1.49. The third-order valence-corrected chi connectivity index (χ3v) is 5.28. The van der Waals surface area contributed by atoms with Crippen LogP contribution in [0.1, 0.15) is 28.8 Å². The van der Waals surface area contributed by atoms with E-state index in [1.807, 2.05) is 0 Å². The fourth-order valence-electron chi connectivity index (χ4n) is 3.87. The number of rotatable bonds is 2. The summed E-state index contributed by atoms with van der Waals surface area (Å²) in [6.45, 7) is 1.75. The lowest BCUT2D eigenvalue weighted by molar-refractivity contribution is -0.128. The molecule has 0 spiro atoms. The molecule has 2 aliphatic heterocycles. The molecule has 0 aromatic heterocycles. The van der Waals surface area contributed by atoms with E-state index in [0.717, 1.165) is 5.56 Å². The number of hydrogen-bond donors (Lipinski definition) is 1. The number of nitrogens with one attached hydrogen (secondary N) is 1. The van der Waals surface area contributed by atoms with Crippen LogP contribution in [0.3, 0.4) is 0 Å². The van der Waals surface area contributed by atoms with Crippen molar-refractivity contribution < 1.29 is 18.8 Å². The van der Waals surface area contributed by atoms with E-state index in [9.17, 15) is 18.8 Å². The molecule has 0 aliphatic carbocycles. The lowest BCUT2D eigenvalue weighted by Crippen LogP contribution is -2.68. The van der Waals surface area contributed by atoms with Crippen LogP contribution in [0.2, 0.25) is 0 Å². The van der Waals surface area contributed by atoms with E-state index < -0.39 is 17.4 Å². The van der Waals surface area contributed by atoms with Crippen molar-refractivity contribution in [3.63, 3.8) is 0 Å². The summed E-state index contributed by atoms with van der Waals surface area (Å²) < 4.78 is 14.2. The third kappa shape index (κ3) is 2.34. The largest absolute Gasteiger partial charge is 0.320 e. The van der Waals surface area contributed by atoms with Crippen LogP contribution < -0.4 is 10.2 Å². The number of carbonyl (C=O) groups excluding carboxylic acids is 3. The molecule has 1 fully saturated rings. The van der Waals surface area contributed by atoms with Gasteiger partial charge in [0.25, 0.3) is 11.8 Å². The zero-order valence-corrected chi connectivity index (χ0v) is 15.0. The summed E-state index contributed by atoms with van der Waals surface area (Å²) in [5.41, 5.74) is -0.0122. The van der Waals surface area contributed by atoms with Crippen molar-refractivity contribution in [2.24, 2.45) is 0 Å². The summed E-state index contributed by atoms with van der Waals surface area (Å²) >= 11 is 0. The monoisotopic (exact) mass is 367 g/mol. The van der Waals surface area contributed by atoms with E-state index in [1.54, 1.807) is 37.3 Å². The summed E-state index contributed by atoms with van der Waals surface area (Å²) in [6.07, 6.45) is 0.261. The Hall–Kier alpha value is -3.22. The van der Waals surface area contributed by atoms with E-state index in [0.29, 0.717) is 11.3 Å². The molecule has 2 heterocycles. The molecule has 2 aromatic carbocycles. The molecule has 6 nitrogen and oxygen atoms in total. The zero-order valence-electron chi connectivity index (χ0n) is 15.0. The van der Waals surface area contributed by atoms with Crippen molar-refractivity contribution in [2.45, 2.75) is 25.4 Å². The Labute approximate surface area is 155 Å². The quantitative estimate of drug-likeness (QED) is 0.887. The van der Waals surface area contributed by atoms with Gasteiger partial charge in [-0.3, -0.25) is 19.3 Å². The molecular weight excluding hydrogens is 349 g/mol. The Bertz CT molecular complexity index is 990. The Balaban J connectivity index is 1.81. The van der Waals surface area contributed by atoms with Gasteiger partial charge in [-0.05, 0) is 36.8 Å². The highest BCUT2D eigenvalue weighted by atomic mass is 19.1. The van der Waals surface area contributed by atoms with Crippen molar-refractivity contribution in [3.8, 4) is 0 Å². The van der Waals surface area contributed by atoms with Crippen molar-refractivity contribution in [2.75, 3.05) is 17.3 Å². The van der Waals surface area contributed by atoms with Gasteiger partial charge in [-0.1, -0.05) is 18.2 Å². The summed E-state index contributed by atoms with van der Waals surface area (Å²) in [5, 5.41) is 2.57. The highest BCUT2D eigenvalue weighted by molar-refractivity contribution is 6.18. The molecule has 138 valence electrons. The number of aryl methyl sites for hydroxylation is 1. The number of nitrogens with zero attached hydrogens (tertiary/aromatic N) is 2. The maximum atomic E-state index is 14.2. The fraction of sp³-hybridized carbons (Fsp3) is 0.250. The Morgan fingerprint density at radius 3 is 2.67 bits per heavy atom. The average molecular weight is 367 g/mol. The van der Waals surface area contributed by atoms with Crippen LogP contribution in [-0.2, 0) is 9.59 Å². The van der Waals surface area contributed by atoms with Crippen LogP contribution in [0, 0.1) is 12.7 Å². The van der Waals surface area contributed by atoms with E-state index in [-0.39, 0.29) is 30.3 Å². The second kappa shape index (κ2) is 5.90. The van der Waals surface area contributed by atoms with Crippen LogP contribution in [0.4, 0.5) is 15.8 Å². The Morgan fingerprint density at radius 2 is 1.93 bits per heavy atom. The molecule has 4 rings (SSSR count). The number of likely N-dealkylation sites (N-methyl/N-ethyl adjacent to an activating group) is 1. The molecular formula is C20H18FN3O3. The van der Waals surface area contributed by atoms with Gasteiger partial charge in [-0.2, -0.15) is 0 Å². The minimum atomic E-state index is -1.51. The number of benzene rings is 2. The number of amides is 3. The topological polar surface area (TPSA) is 69.7 Å². The predicted molar refractivity (Wildman–Crippen MR) is 97.8 cm³/mol. The molecule has 1 atom stereocenters. The number of para-hydroxylation sites is 1. The summed E-state index contributed by atoms with van der Waals surface area (Å²) in [5.74, 6) is -1.78. The SMILES string of the molecule is Cc1ccc(NC(=O)[C@@]23CCC(=O)N2c2ccccc2C(=O)N3C)c(F)c1. The number of hydrogen-bond acceptors (Lipinski definition) is 3. The number of halogens is 1. The van der Waals surface area contributed by atoms with Crippen LogP contribution in [-0.4, -0.2) is 35.3 Å². The van der Waals surface area contributed by atoms with Crippen LogP contribution in [0.25, 0.3) is 0 Å². The first kappa shape index (κ1) is 17.2. The molecule has 0 radical (unpaired) electrons. The van der Waals surface area contributed by atoms with E-state index in [1.165, 1.54) is 29.0 Å². The van der Waals surface area contributed by atoms with Crippen LogP contribution in [0.5, 0.6) is 0 Å². The normalized spacial score (nSPS) is 21.1. The van der Waals surface area contributed by atoms with Gasteiger partial charge in [0.15, 0.2) is 0 Å². The first-order valence-electron chi connectivity index (χ1n) is 8.64. The van der Waals surface area contributed by atoms with Gasteiger partial charge in [0, 0.05) is 19.9 Å². The maximum absolute atomic E-state index is 14.2. The first-order valence-corrected chi connectivity index (χ1v) is 8.64.